The highest BCUT2D eigenvalue weighted by Crippen LogP contribution is 2.31. The molecule has 0 atom stereocenters. The van der Waals surface area contributed by atoms with Crippen molar-refractivity contribution in [1.29, 1.82) is 0 Å². The fraction of sp³-hybridized carbons (Fsp3) is 0.273. The lowest BCUT2D eigenvalue weighted by atomic mass is 10.1. The van der Waals surface area contributed by atoms with Gasteiger partial charge in [0.2, 0.25) is 0 Å². The van der Waals surface area contributed by atoms with E-state index in [1.54, 1.807) is 12.1 Å². The third-order valence-electron chi connectivity index (χ3n) is 2.22. The number of benzene rings is 1. The number of nitrogen functional groups attached to an aromatic ring is 1. The summed E-state index contributed by atoms with van der Waals surface area (Å²) in [5, 5.41) is 13.7. The minimum atomic E-state index is -0.521. The predicted molar refractivity (Wildman–Crippen MR) is 67.0 cm³/mol. The lowest BCUT2D eigenvalue weighted by Crippen LogP contribution is -2.04. The number of nitro groups is 1. The van der Waals surface area contributed by atoms with Crippen LogP contribution in [0.4, 0.5) is 11.4 Å². The highest BCUT2D eigenvalue weighted by molar-refractivity contribution is 5.75. The molecule has 0 radical (unpaired) electrons. The number of hydrogen-bond donors (Lipinski definition) is 2. The Kier molecular flexibility index (Phi) is 4.47. The van der Waals surface area contributed by atoms with E-state index in [2.05, 4.69) is 5.32 Å². The Labute approximate surface area is 99.2 Å². The lowest BCUT2D eigenvalue weighted by molar-refractivity contribution is -0.384. The number of methoxy groups -OCH3 is 1. The van der Waals surface area contributed by atoms with Crippen LogP contribution in [0.2, 0.25) is 0 Å². The maximum Gasteiger partial charge on any atom is 0.296 e. The van der Waals surface area contributed by atoms with Crippen LogP contribution in [-0.4, -0.2) is 25.6 Å². The first-order chi connectivity index (χ1) is 8.10. The Balaban J connectivity index is 3.19. The number of nitrogens with one attached hydrogen (secondary N) is 1. The van der Waals surface area contributed by atoms with Gasteiger partial charge >= 0.3 is 0 Å². The SMILES string of the molecule is CNCC=Cc1cc(OC)cc([N+](=O)[O-])c1N. The van der Waals surface area contributed by atoms with Crippen LogP contribution in [-0.2, 0) is 0 Å². The van der Waals surface area contributed by atoms with Gasteiger partial charge in [-0.05, 0) is 13.1 Å². The molecule has 0 unspecified atom stereocenters. The monoisotopic (exact) mass is 237 g/mol. The van der Waals surface area contributed by atoms with Gasteiger partial charge in [-0.15, -0.1) is 0 Å². The number of nitrogens with zero attached hydrogens (tertiary/aromatic N) is 1. The Morgan fingerprint density at radius 3 is 2.82 bits per heavy atom. The number of anilines is 1. The molecule has 6 nitrogen and oxygen atoms in total. The molecule has 0 aliphatic rings. The van der Waals surface area contributed by atoms with E-state index >= 15 is 0 Å². The molecule has 92 valence electrons. The molecule has 0 bridgehead atoms. The quantitative estimate of drug-likeness (QED) is 0.459. The van der Waals surface area contributed by atoms with Crippen LogP contribution >= 0.6 is 0 Å². The van der Waals surface area contributed by atoms with Gasteiger partial charge in [0.05, 0.1) is 18.1 Å². The van der Waals surface area contributed by atoms with E-state index in [9.17, 15) is 10.1 Å². The van der Waals surface area contributed by atoms with Crippen molar-refractivity contribution < 1.29 is 9.66 Å². The van der Waals surface area contributed by atoms with Gasteiger partial charge in [-0.1, -0.05) is 12.2 Å². The minimum absolute atomic E-state index is 0.142. The Morgan fingerprint density at radius 1 is 1.59 bits per heavy atom. The molecule has 1 rings (SSSR count). The van der Waals surface area contributed by atoms with Crippen molar-refractivity contribution in [3.63, 3.8) is 0 Å². The zero-order chi connectivity index (χ0) is 12.8. The molecule has 0 aromatic heterocycles. The number of hydrogen-bond acceptors (Lipinski definition) is 5. The van der Waals surface area contributed by atoms with Gasteiger partial charge in [-0.3, -0.25) is 10.1 Å². The largest absolute Gasteiger partial charge is 0.496 e. The van der Waals surface area contributed by atoms with E-state index in [0.717, 1.165) is 0 Å². The summed E-state index contributed by atoms with van der Waals surface area (Å²) in [7, 11) is 3.26. The van der Waals surface area contributed by atoms with E-state index in [4.69, 9.17) is 10.5 Å². The molecule has 1 aromatic carbocycles. The fourth-order valence-electron chi connectivity index (χ4n) is 1.34. The summed E-state index contributed by atoms with van der Waals surface area (Å²) < 4.78 is 5.00. The molecule has 0 heterocycles. The standard InChI is InChI=1S/C11H15N3O3/c1-13-5-3-4-8-6-9(17-2)7-10(11(8)12)14(15)16/h3-4,6-7,13H,5,12H2,1-2H3. The Morgan fingerprint density at radius 2 is 2.29 bits per heavy atom. The molecular weight excluding hydrogens is 222 g/mol. The molecule has 0 spiro atoms. The van der Waals surface area contributed by atoms with Crippen molar-refractivity contribution in [2.45, 2.75) is 0 Å². The molecule has 6 heteroatoms. The highest BCUT2D eigenvalue weighted by atomic mass is 16.6. The first-order valence-electron chi connectivity index (χ1n) is 5.03. The van der Waals surface area contributed by atoms with Gasteiger partial charge < -0.3 is 15.8 Å². The second-order valence-corrected chi connectivity index (χ2v) is 3.37. The molecule has 0 saturated carbocycles. The van der Waals surface area contributed by atoms with Crippen LogP contribution in [0.1, 0.15) is 5.56 Å². The Hall–Kier alpha value is -2.08. The fourth-order valence-corrected chi connectivity index (χ4v) is 1.34. The highest BCUT2D eigenvalue weighted by Gasteiger charge is 2.16. The van der Waals surface area contributed by atoms with Crippen molar-refractivity contribution in [2.75, 3.05) is 26.4 Å². The van der Waals surface area contributed by atoms with Crippen LogP contribution in [0.5, 0.6) is 5.75 Å². The summed E-state index contributed by atoms with van der Waals surface area (Å²) in [5.74, 6) is 0.412. The first-order valence-corrected chi connectivity index (χ1v) is 5.03. The van der Waals surface area contributed by atoms with Crippen molar-refractivity contribution in [1.82, 2.24) is 5.32 Å². The molecule has 0 aliphatic heterocycles. The Bertz CT molecular complexity index is 444. The summed E-state index contributed by atoms with van der Waals surface area (Å²) in [6, 6.07) is 2.97. The van der Waals surface area contributed by atoms with Crippen LogP contribution in [0.15, 0.2) is 18.2 Å². The molecule has 0 fully saturated rings. The third-order valence-corrected chi connectivity index (χ3v) is 2.22. The van der Waals surface area contributed by atoms with E-state index in [-0.39, 0.29) is 11.4 Å². The van der Waals surface area contributed by atoms with Gasteiger partial charge in [0.1, 0.15) is 11.4 Å². The first kappa shape index (κ1) is 13.0. The zero-order valence-electron chi connectivity index (χ0n) is 9.77. The maximum absolute atomic E-state index is 10.8. The molecule has 3 N–H and O–H groups in total. The summed E-state index contributed by atoms with van der Waals surface area (Å²) in [6.45, 7) is 0.657. The molecule has 17 heavy (non-hydrogen) atoms. The van der Waals surface area contributed by atoms with Gasteiger partial charge in [-0.25, -0.2) is 0 Å². The molecule has 0 aliphatic carbocycles. The molecule has 0 amide bonds. The van der Waals surface area contributed by atoms with Crippen molar-refractivity contribution in [2.24, 2.45) is 0 Å². The number of likely N-dealkylation sites (N-methyl/N-ethyl adjacent to an activating group) is 1. The normalized spacial score (nSPS) is 10.7. The maximum atomic E-state index is 10.8. The topological polar surface area (TPSA) is 90.4 Å². The summed E-state index contributed by atoms with van der Waals surface area (Å²) in [5.41, 5.74) is 6.29. The van der Waals surface area contributed by atoms with Crippen molar-refractivity contribution in [3.05, 3.63) is 33.9 Å². The van der Waals surface area contributed by atoms with Crippen LogP contribution < -0.4 is 15.8 Å². The van der Waals surface area contributed by atoms with E-state index in [0.29, 0.717) is 17.9 Å². The molecule has 0 saturated heterocycles. The second-order valence-electron chi connectivity index (χ2n) is 3.37. The predicted octanol–water partition coefficient (Wildman–Crippen LogP) is 1.42. The van der Waals surface area contributed by atoms with Crippen molar-refractivity contribution in [3.8, 4) is 5.75 Å². The van der Waals surface area contributed by atoms with Crippen LogP contribution in [0, 0.1) is 10.1 Å². The summed E-state index contributed by atoms with van der Waals surface area (Å²) in [4.78, 5) is 10.3. The summed E-state index contributed by atoms with van der Waals surface area (Å²) >= 11 is 0. The number of rotatable bonds is 5. The minimum Gasteiger partial charge on any atom is -0.496 e. The van der Waals surface area contributed by atoms with Crippen LogP contribution in [0.3, 0.4) is 0 Å². The van der Waals surface area contributed by atoms with E-state index in [1.165, 1.54) is 13.2 Å². The average Bonchev–Trinajstić information content (AvgIpc) is 2.31. The molecular formula is C11H15N3O3. The van der Waals surface area contributed by atoms with E-state index < -0.39 is 4.92 Å². The smallest absolute Gasteiger partial charge is 0.296 e. The number of nitro benzene ring substituents is 1. The van der Waals surface area contributed by atoms with E-state index in [1.807, 2.05) is 13.1 Å². The average molecular weight is 237 g/mol. The third kappa shape index (κ3) is 3.18. The van der Waals surface area contributed by atoms with Gasteiger partial charge in [-0.2, -0.15) is 0 Å². The second kappa shape index (κ2) is 5.86. The zero-order valence-corrected chi connectivity index (χ0v) is 9.77. The summed E-state index contributed by atoms with van der Waals surface area (Å²) in [6.07, 6.45) is 3.55. The lowest BCUT2D eigenvalue weighted by Gasteiger charge is -2.05. The van der Waals surface area contributed by atoms with Crippen LogP contribution in [0.25, 0.3) is 6.08 Å². The molecule has 1 aromatic rings. The number of nitrogens with two attached hydrogens (primary N) is 1. The van der Waals surface area contributed by atoms with Crippen molar-refractivity contribution >= 4 is 17.5 Å². The van der Waals surface area contributed by atoms with Gasteiger partial charge in [0.15, 0.2) is 0 Å². The number of ether oxygens (including phenoxy) is 1. The van der Waals surface area contributed by atoms with Gasteiger partial charge in [0.25, 0.3) is 5.69 Å². The van der Waals surface area contributed by atoms with Gasteiger partial charge in [0, 0.05) is 12.1 Å².